The number of carbonyl (C=O) groups is 3. The zero-order valence-electron chi connectivity index (χ0n) is 16.8. The Morgan fingerprint density at radius 1 is 0.788 bits per heavy atom. The van der Waals surface area contributed by atoms with Gasteiger partial charge in [0.05, 0.1) is 28.1 Å². The minimum Gasteiger partial charge on any atom is -0.478 e. The van der Waals surface area contributed by atoms with Gasteiger partial charge < -0.3 is 5.11 Å². The van der Waals surface area contributed by atoms with Gasteiger partial charge in [-0.25, -0.2) is 9.69 Å². The molecule has 0 radical (unpaired) electrons. The van der Waals surface area contributed by atoms with Crippen LogP contribution in [0.25, 0.3) is 0 Å². The smallest absolute Gasteiger partial charge is 0.337 e. The number of amides is 2. The van der Waals surface area contributed by atoms with Crippen molar-refractivity contribution in [2.24, 2.45) is 11.8 Å². The summed E-state index contributed by atoms with van der Waals surface area (Å²) in [6, 6.07) is 18.7. The molecule has 1 fully saturated rings. The van der Waals surface area contributed by atoms with E-state index < -0.39 is 39.4 Å². The van der Waals surface area contributed by atoms with Gasteiger partial charge in [-0.05, 0) is 40.5 Å². The first-order chi connectivity index (χ1) is 15.7. The van der Waals surface area contributed by atoms with Crippen LogP contribution in [0.3, 0.4) is 0 Å². The highest BCUT2D eigenvalue weighted by Gasteiger charge is 2.73. The zero-order chi connectivity index (χ0) is 23.3. The molecule has 3 aliphatic carbocycles. The minimum absolute atomic E-state index is 0.00488. The number of nitrogens with zero attached hydrogens (tertiary/aromatic N) is 1. The van der Waals surface area contributed by atoms with Crippen molar-refractivity contribution in [1.82, 2.24) is 0 Å². The summed E-state index contributed by atoms with van der Waals surface area (Å²) < 4.78 is 0. The molecule has 8 heteroatoms. The van der Waals surface area contributed by atoms with E-state index in [-0.39, 0.29) is 16.3 Å². The Kier molecular flexibility index (Phi) is 4.14. The number of carboxylic acid groups (broad SMARTS) is 1. The third kappa shape index (κ3) is 2.32. The molecule has 1 heterocycles. The van der Waals surface area contributed by atoms with E-state index in [1.54, 1.807) is 0 Å². The van der Waals surface area contributed by atoms with Gasteiger partial charge in [0.1, 0.15) is 9.75 Å². The molecule has 2 atom stereocenters. The SMILES string of the molecule is O=C(O)c1cc(N2C(=O)[C@H]3[C@H](C2=O)C2(Cl)c4ccccc4C3(Cl)c3ccccc32)ccc1Cl. The van der Waals surface area contributed by atoms with Crippen LogP contribution in [-0.4, -0.2) is 22.9 Å². The summed E-state index contributed by atoms with van der Waals surface area (Å²) in [5.74, 6) is -4.22. The number of carbonyl (C=O) groups excluding carboxylic acids is 2. The lowest BCUT2D eigenvalue weighted by atomic mass is 9.54. The van der Waals surface area contributed by atoms with Gasteiger partial charge in [-0.3, -0.25) is 9.59 Å². The number of anilines is 1. The molecule has 164 valence electrons. The lowest BCUT2D eigenvalue weighted by molar-refractivity contribution is -0.122. The Morgan fingerprint density at radius 2 is 1.21 bits per heavy atom. The Balaban J connectivity index is 1.62. The maximum Gasteiger partial charge on any atom is 0.337 e. The minimum atomic E-state index is -1.29. The van der Waals surface area contributed by atoms with Crippen molar-refractivity contribution < 1.29 is 19.5 Å². The molecule has 7 rings (SSSR count). The van der Waals surface area contributed by atoms with Gasteiger partial charge >= 0.3 is 5.97 Å². The predicted octanol–water partition coefficient (Wildman–Crippen LogP) is 5.14. The first-order valence-electron chi connectivity index (χ1n) is 10.2. The van der Waals surface area contributed by atoms with E-state index in [0.717, 1.165) is 4.90 Å². The molecule has 1 saturated heterocycles. The van der Waals surface area contributed by atoms with Gasteiger partial charge in [-0.2, -0.15) is 0 Å². The summed E-state index contributed by atoms with van der Waals surface area (Å²) in [4.78, 5) is 37.7. The maximum atomic E-state index is 13.9. The van der Waals surface area contributed by atoms with E-state index in [9.17, 15) is 19.5 Å². The van der Waals surface area contributed by atoms with Crippen LogP contribution in [-0.2, 0) is 19.3 Å². The number of benzene rings is 3. The fourth-order valence-corrected chi connectivity index (χ4v) is 7.03. The molecule has 2 amide bonds. The van der Waals surface area contributed by atoms with E-state index in [1.807, 2.05) is 48.5 Å². The van der Waals surface area contributed by atoms with Crippen LogP contribution in [0.1, 0.15) is 32.6 Å². The average molecular weight is 499 g/mol. The topological polar surface area (TPSA) is 74.7 Å². The molecule has 0 unspecified atom stereocenters. The molecular weight excluding hydrogens is 485 g/mol. The van der Waals surface area contributed by atoms with Crippen molar-refractivity contribution in [3.63, 3.8) is 0 Å². The summed E-state index contributed by atoms with van der Waals surface area (Å²) in [5, 5.41) is 9.47. The number of aromatic carboxylic acids is 1. The second kappa shape index (κ2) is 6.60. The van der Waals surface area contributed by atoms with E-state index in [4.69, 9.17) is 34.8 Å². The summed E-state index contributed by atoms with van der Waals surface area (Å²) in [6.45, 7) is 0. The Morgan fingerprint density at radius 3 is 1.61 bits per heavy atom. The number of halogens is 3. The Bertz CT molecular complexity index is 1300. The second-order valence-electron chi connectivity index (χ2n) is 8.45. The molecule has 0 saturated carbocycles. The molecule has 4 aliphatic rings. The molecule has 1 N–H and O–H groups in total. The molecule has 0 spiro atoms. The third-order valence-electron chi connectivity index (χ3n) is 7.02. The summed E-state index contributed by atoms with van der Waals surface area (Å²) in [5.41, 5.74) is 2.72. The van der Waals surface area contributed by atoms with E-state index in [1.165, 1.54) is 18.2 Å². The third-order valence-corrected chi connectivity index (χ3v) is 8.64. The van der Waals surface area contributed by atoms with Gasteiger partial charge in [0.15, 0.2) is 0 Å². The van der Waals surface area contributed by atoms with E-state index >= 15 is 0 Å². The molecular formula is C25H14Cl3NO4. The fourth-order valence-electron chi connectivity index (χ4n) is 5.74. The van der Waals surface area contributed by atoms with Crippen LogP contribution in [0.15, 0.2) is 66.7 Å². The van der Waals surface area contributed by atoms with Crippen LogP contribution in [0, 0.1) is 11.8 Å². The molecule has 5 nitrogen and oxygen atoms in total. The van der Waals surface area contributed by atoms with Crippen LogP contribution in [0.2, 0.25) is 5.02 Å². The van der Waals surface area contributed by atoms with Gasteiger partial charge in [-0.15, -0.1) is 23.2 Å². The van der Waals surface area contributed by atoms with Crippen molar-refractivity contribution in [3.8, 4) is 0 Å². The lowest BCUT2D eigenvalue weighted by Gasteiger charge is -2.54. The summed E-state index contributed by atoms with van der Waals surface area (Å²) in [7, 11) is 0. The zero-order valence-corrected chi connectivity index (χ0v) is 19.0. The van der Waals surface area contributed by atoms with Crippen molar-refractivity contribution in [1.29, 1.82) is 0 Å². The molecule has 0 aromatic heterocycles. The van der Waals surface area contributed by atoms with Crippen molar-refractivity contribution >= 4 is 58.3 Å². The number of hydrogen-bond donors (Lipinski definition) is 1. The molecule has 1 aliphatic heterocycles. The molecule has 3 aromatic rings. The highest BCUT2D eigenvalue weighted by Crippen LogP contribution is 2.69. The number of hydrogen-bond acceptors (Lipinski definition) is 3. The molecule has 3 aromatic carbocycles. The van der Waals surface area contributed by atoms with E-state index in [2.05, 4.69) is 0 Å². The largest absolute Gasteiger partial charge is 0.478 e. The summed E-state index contributed by atoms with van der Waals surface area (Å²) >= 11 is 20.7. The molecule has 2 bridgehead atoms. The first kappa shape index (κ1) is 20.7. The predicted molar refractivity (Wildman–Crippen MR) is 124 cm³/mol. The van der Waals surface area contributed by atoms with Crippen molar-refractivity contribution in [2.45, 2.75) is 9.75 Å². The van der Waals surface area contributed by atoms with Gasteiger partial charge in [-0.1, -0.05) is 60.1 Å². The standard InChI is InChI=1S/C25H14Cl3NO4/c26-18-10-9-12(11-13(18)23(32)33)29-21(30)19-20(22(29)31)25(28)15-6-2-1-5-14(15)24(19,27)16-7-3-4-8-17(16)25/h1-11,19-20H,(H,32,33)/t19-,20-,24?,25?/m1/s1. The summed E-state index contributed by atoms with van der Waals surface area (Å²) in [6.07, 6.45) is 0. The van der Waals surface area contributed by atoms with E-state index in [0.29, 0.717) is 22.3 Å². The number of carboxylic acids is 1. The molecule has 33 heavy (non-hydrogen) atoms. The van der Waals surface area contributed by atoms with Gasteiger partial charge in [0.25, 0.3) is 0 Å². The van der Waals surface area contributed by atoms with Crippen LogP contribution < -0.4 is 4.90 Å². The van der Waals surface area contributed by atoms with Gasteiger partial charge in [0, 0.05) is 0 Å². The average Bonchev–Trinajstić information content (AvgIpc) is 3.09. The van der Waals surface area contributed by atoms with Crippen molar-refractivity contribution in [3.05, 3.63) is 99.6 Å². The van der Waals surface area contributed by atoms with Crippen LogP contribution in [0.4, 0.5) is 5.69 Å². The first-order valence-corrected chi connectivity index (χ1v) is 11.3. The second-order valence-corrected chi connectivity index (χ2v) is 10.1. The highest BCUT2D eigenvalue weighted by atomic mass is 35.5. The Labute approximate surface area is 203 Å². The Hall–Kier alpha value is -2.86. The maximum absolute atomic E-state index is 13.9. The monoisotopic (exact) mass is 497 g/mol. The number of imide groups is 1. The lowest BCUT2D eigenvalue weighted by Crippen LogP contribution is -2.57. The fraction of sp³-hybridized carbons (Fsp3) is 0.160. The highest BCUT2D eigenvalue weighted by molar-refractivity contribution is 6.39. The normalized spacial score (nSPS) is 29.0. The quantitative estimate of drug-likeness (QED) is 0.392. The van der Waals surface area contributed by atoms with Crippen LogP contribution >= 0.6 is 34.8 Å². The van der Waals surface area contributed by atoms with Crippen molar-refractivity contribution in [2.75, 3.05) is 4.90 Å². The van der Waals surface area contributed by atoms with Gasteiger partial charge in [0.2, 0.25) is 11.8 Å². The van der Waals surface area contributed by atoms with Crippen LogP contribution in [0.5, 0.6) is 0 Å². The number of alkyl halides is 2. The number of rotatable bonds is 2.